The molecule has 2 saturated carbocycles. The predicted octanol–water partition coefficient (Wildman–Crippen LogP) is 0.428. The molecule has 4 atom stereocenters. The van der Waals surface area contributed by atoms with E-state index >= 15 is 0 Å². The molecule has 0 aliphatic heterocycles. The van der Waals surface area contributed by atoms with Crippen molar-refractivity contribution in [1.82, 2.24) is 0 Å². The summed E-state index contributed by atoms with van der Waals surface area (Å²) in [5.74, 6) is -2.32. The van der Waals surface area contributed by atoms with Crippen LogP contribution in [0.2, 0.25) is 0 Å². The normalized spacial score (nSPS) is 43.7. The molecule has 0 heterocycles. The molecule has 0 saturated heterocycles. The van der Waals surface area contributed by atoms with Crippen LogP contribution in [0.3, 0.4) is 0 Å². The Morgan fingerprint density at radius 1 is 1.08 bits per heavy atom. The van der Waals surface area contributed by atoms with Crippen LogP contribution in [-0.4, -0.2) is 22.2 Å². The Morgan fingerprint density at radius 2 is 1.75 bits per heavy atom. The van der Waals surface area contributed by atoms with Crippen LogP contribution in [0.25, 0.3) is 0 Å². The van der Waals surface area contributed by atoms with Crippen molar-refractivity contribution in [2.24, 2.45) is 23.7 Å². The Hall–Kier alpha value is -1.06. The van der Waals surface area contributed by atoms with Crippen molar-refractivity contribution in [3.63, 3.8) is 0 Å². The molecule has 0 spiro atoms. The molecule has 0 radical (unpaired) electrons. The predicted molar refractivity (Wildman–Crippen MR) is 38.5 cm³/mol. The second kappa shape index (κ2) is 2.21. The molecule has 0 aromatic rings. The van der Waals surface area contributed by atoms with Crippen LogP contribution in [0, 0.1) is 23.7 Å². The molecule has 66 valence electrons. The number of rotatable bonds is 2. The molecular weight excluding hydrogens is 160 g/mol. The van der Waals surface area contributed by atoms with Gasteiger partial charge in [0.2, 0.25) is 0 Å². The van der Waals surface area contributed by atoms with Crippen LogP contribution >= 0.6 is 0 Å². The zero-order chi connectivity index (χ0) is 8.88. The molecule has 0 aromatic carbocycles. The second-order valence-corrected chi connectivity index (χ2v) is 3.63. The number of carbonyl (C=O) groups is 2. The van der Waals surface area contributed by atoms with Gasteiger partial charge in [-0.15, -0.1) is 0 Å². The fourth-order valence-corrected chi connectivity index (χ4v) is 2.52. The van der Waals surface area contributed by atoms with Gasteiger partial charge in [0, 0.05) is 0 Å². The third kappa shape index (κ3) is 0.838. The first-order valence-corrected chi connectivity index (χ1v) is 4.08. The van der Waals surface area contributed by atoms with E-state index in [-0.39, 0.29) is 17.8 Å². The molecule has 0 unspecified atom stereocenters. The number of fused-ring (bicyclic) bond motifs is 1. The largest absolute Gasteiger partial charge is 0.481 e. The van der Waals surface area contributed by atoms with Gasteiger partial charge in [-0.05, 0) is 24.7 Å². The van der Waals surface area contributed by atoms with Gasteiger partial charge in [-0.2, -0.15) is 0 Å². The molecule has 2 aliphatic rings. The number of hydrogen-bond acceptors (Lipinski definition) is 2. The van der Waals surface area contributed by atoms with Gasteiger partial charge in [0.1, 0.15) is 0 Å². The minimum absolute atomic E-state index is 0.0694. The Balaban J connectivity index is 2.07. The maximum Gasteiger partial charge on any atom is 0.307 e. The topological polar surface area (TPSA) is 74.6 Å². The zero-order valence-electron chi connectivity index (χ0n) is 6.43. The Labute approximate surface area is 69.2 Å². The van der Waals surface area contributed by atoms with Crippen molar-refractivity contribution in [2.45, 2.75) is 12.8 Å². The smallest absolute Gasteiger partial charge is 0.307 e. The lowest BCUT2D eigenvalue weighted by Gasteiger charge is -2.05. The van der Waals surface area contributed by atoms with Crippen molar-refractivity contribution >= 4 is 11.9 Å². The van der Waals surface area contributed by atoms with E-state index in [9.17, 15) is 9.59 Å². The van der Waals surface area contributed by atoms with Crippen LogP contribution in [0.1, 0.15) is 12.8 Å². The Morgan fingerprint density at radius 3 is 2.17 bits per heavy atom. The van der Waals surface area contributed by atoms with Crippen LogP contribution < -0.4 is 0 Å². The van der Waals surface area contributed by atoms with E-state index in [2.05, 4.69) is 0 Å². The summed E-state index contributed by atoms with van der Waals surface area (Å²) < 4.78 is 0. The van der Waals surface area contributed by atoms with Crippen molar-refractivity contribution in [2.75, 3.05) is 0 Å². The zero-order valence-corrected chi connectivity index (χ0v) is 6.43. The fraction of sp³-hybridized carbons (Fsp3) is 0.750. The lowest BCUT2D eigenvalue weighted by Crippen LogP contribution is -2.17. The average molecular weight is 170 g/mol. The van der Waals surface area contributed by atoms with E-state index in [1.165, 1.54) is 0 Å². The van der Waals surface area contributed by atoms with Crippen molar-refractivity contribution in [3.8, 4) is 0 Å². The van der Waals surface area contributed by atoms with E-state index in [1.807, 2.05) is 0 Å². The first-order chi connectivity index (χ1) is 5.63. The SMILES string of the molecule is O=C(O)[C@H]1[C@@H]2CC[C@@H](C(=O)O)[C@@H]21. The fourth-order valence-electron chi connectivity index (χ4n) is 2.52. The maximum absolute atomic E-state index is 10.6. The first-order valence-electron chi connectivity index (χ1n) is 4.08. The lowest BCUT2D eigenvalue weighted by molar-refractivity contribution is -0.143. The first kappa shape index (κ1) is 7.58. The summed E-state index contributed by atoms with van der Waals surface area (Å²) in [6.07, 6.45) is 1.44. The second-order valence-electron chi connectivity index (χ2n) is 3.63. The van der Waals surface area contributed by atoms with Crippen molar-refractivity contribution in [1.29, 1.82) is 0 Å². The highest BCUT2D eigenvalue weighted by atomic mass is 16.4. The third-order valence-electron chi connectivity index (χ3n) is 3.11. The number of aliphatic carboxylic acids is 2. The Bertz CT molecular complexity index is 247. The van der Waals surface area contributed by atoms with Gasteiger partial charge >= 0.3 is 11.9 Å². The van der Waals surface area contributed by atoms with Crippen LogP contribution in [0.5, 0.6) is 0 Å². The third-order valence-corrected chi connectivity index (χ3v) is 3.11. The summed E-state index contributed by atoms with van der Waals surface area (Å²) in [4.78, 5) is 21.2. The summed E-state index contributed by atoms with van der Waals surface area (Å²) in [6, 6.07) is 0. The highest BCUT2D eigenvalue weighted by molar-refractivity contribution is 5.79. The number of carboxylic acids is 2. The molecule has 0 bridgehead atoms. The summed E-state index contributed by atoms with van der Waals surface area (Å²) in [5.41, 5.74) is 0. The van der Waals surface area contributed by atoms with E-state index in [0.717, 1.165) is 6.42 Å². The van der Waals surface area contributed by atoms with E-state index < -0.39 is 17.9 Å². The molecule has 4 heteroatoms. The highest BCUT2D eigenvalue weighted by Gasteiger charge is 2.63. The summed E-state index contributed by atoms with van der Waals surface area (Å²) in [6.45, 7) is 0. The lowest BCUT2D eigenvalue weighted by atomic mass is 10.0. The van der Waals surface area contributed by atoms with E-state index in [4.69, 9.17) is 10.2 Å². The summed E-state index contributed by atoms with van der Waals surface area (Å²) >= 11 is 0. The van der Waals surface area contributed by atoms with Crippen molar-refractivity contribution in [3.05, 3.63) is 0 Å². The Kier molecular flexibility index (Phi) is 1.40. The minimum atomic E-state index is -0.828. The van der Waals surface area contributed by atoms with Gasteiger partial charge in [0.05, 0.1) is 11.8 Å². The monoisotopic (exact) mass is 170 g/mol. The number of carboxylic acid groups (broad SMARTS) is 2. The molecular formula is C8H10O4. The number of hydrogen-bond donors (Lipinski definition) is 2. The molecule has 2 fully saturated rings. The van der Waals surface area contributed by atoms with Gasteiger partial charge in [0.15, 0.2) is 0 Å². The molecule has 0 amide bonds. The molecule has 2 N–H and O–H groups in total. The van der Waals surface area contributed by atoms with Crippen LogP contribution in [0.15, 0.2) is 0 Å². The summed E-state index contributed by atoms with van der Waals surface area (Å²) in [5, 5.41) is 17.4. The maximum atomic E-state index is 10.6. The average Bonchev–Trinajstić information content (AvgIpc) is 2.52. The molecule has 12 heavy (non-hydrogen) atoms. The van der Waals surface area contributed by atoms with Gasteiger partial charge in [-0.3, -0.25) is 9.59 Å². The molecule has 0 aromatic heterocycles. The molecule has 4 nitrogen and oxygen atoms in total. The molecule has 2 aliphatic carbocycles. The van der Waals surface area contributed by atoms with Gasteiger partial charge in [-0.25, -0.2) is 0 Å². The van der Waals surface area contributed by atoms with Gasteiger partial charge in [-0.1, -0.05) is 0 Å². The van der Waals surface area contributed by atoms with E-state index in [1.54, 1.807) is 0 Å². The van der Waals surface area contributed by atoms with Crippen molar-refractivity contribution < 1.29 is 19.8 Å². The standard InChI is InChI=1S/C8H10O4/c9-7(10)4-2-1-3-5(4)6(3)8(11)12/h3-6H,1-2H2,(H,9,10)(H,11,12)/t3-,4-,5-,6+/m1/s1. The molecule has 2 rings (SSSR count). The van der Waals surface area contributed by atoms with Crippen LogP contribution in [0.4, 0.5) is 0 Å². The van der Waals surface area contributed by atoms with Gasteiger partial charge < -0.3 is 10.2 Å². The van der Waals surface area contributed by atoms with Crippen LogP contribution in [-0.2, 0) is 9.59 Å². The quantitative estimate of drug-likeness (QED) is 0.630. The minimum Gasteiger partial charge on any atom is -0.481 e. The van der Waals surface area contributed by atoms with Gasteiger partial charge in [0.25, 0.3) is 0 Å². The van der Waals surface area contributed by atoms with E-state index in [0.29, 0.717) is 6.42 Å². The summed E-state index contributed by atoms with van der Waals surface area (Å²) in [7, 11) is 0. The highest BCUT2D eigenvalue weighted by Crippen LogP contribution is 2.60.